The fraction of sp³-hybridized carbons (Fsp3) is 0.556. The fourth-order valence-electron chi connectivity index (χ4n) is 3.46. The zero-order chi connectivity index (χ0) is 27.0. The zero-order valence-electron chi connectivity index (χ0n) is 17.8. The summed E-state index contributed by atoms with van der Waals surface area (Å²) in [6, 6.07) is 2.04. The molecule has 0 radical (unpaired) electrons. The second-order valence-electron chi connectivity index (χ2n) is 7.69. The van der Waals surface area contributed by atoms with Crippen LogP contribution in [-0.4, -0.2) is 86.3 Å². The maximum atomic E-state index is 14.3. The number of nitrogens with one attached hydrogen (secondary N) is 2. The van der Waals surface area contributed by atoms with E-state index in [2.05, 4.69) is 31.9 Å². The minimum absolute atomic E-state index is 0.604. The monoisotopic (exact) mass is 648 g/mol. The van der Waals surface area contributed by atoms with Crippen molar-refractivity contribution in [1.29, 1.82) is 0 Å². The highest BCUT2D eigenvalue weighted by Crippen LogP contribution is 2.46. The van der Waals surface area contributed by atoms with Gasteiger partial charge >= 0.3 is 11.4 Å². The van der Waals surface area contributed by atoms with E-state index in [0.29, 0.717) is 0 Å². The Balaban J connectivity index is 0.000000201. The lowest BCUT2D eigenvalue weighted by molar-refractivity contribution is -0.0506. The van der Waals surface area contributed by atoms with Gasteiger partial charge in [0.2, 0.25) is 9.16 Å². The third kappa shape index (κ3) is 5.30. The standard InChI is InChI=1S/2C9H10BrFN2O5/c2*10-9(11)6(16)4(3-14)18-7(9)13-2-1-5(15)12-8(13)17/h2*1-2,4,6-7,14,16H,3H2,(H,12,15,17)/t2*4-,6-,7-,9-/m11/s1. The molecule has 2 aromatic heterocycles. The predicted molar refractivity (Wildman–Crippen MR) is 122 cm³/mol. The number of aromatic nitrogens is 4. The van der Waals surface area contributed by atoms with Crippen molar-refractivity contribution in [3.63, 3.8) is 0 Å². The molecule has 2 fully saturated rings. The van der Waals surface area contributed by atoms with Crippen molar-refractivity contribution < 1.29 is 38.7 Å². The summed E-state index contributed by atoms with van der Waals surface area (Å²) in [6.45, 7) is -1.21. The molecule has 0 spiro atoms. The molecule has 0 aromatic carbocycles. The minimum atomic E-state index is -2.44. The Hall–Kier alpha value is -2.06. The summed E-state index contributed by atoms with van der Waals surface area (Å²) in [5, 5.41) is 37.1. The van der Waals surface area contributed by atoms with Gasteiger partial charge in [-0.15, -0.1) is 0 Å². The van der Waals surface area contributed by atoms with Crippen LogP contribution in [0.25, 0.3) is 0 Å². The SMILES string of the molecule is O=c1ccn([C@@H]2O[C@H](CO)[C@@H](O)[C@]2(F)Br)c(=O)[nH]1.O=c1ccn([C@@H]2O[C@H](CO)[C@@H](O)[C@]2(F)Br)c(=O)[nH]1. The van der Waals surface area contributed by atoms with Crippen LogP contribution in [0.3, 0.4) is 0 Å². The van der Waals surface area contributed by atoms with E-state index in [1.807, 2.05) is 9.97 Å². The van der Waals surface area contributed by atoms with Gasteiger partial charge in [-0.2, -0.15) is 0 Å². The molecule has 0 bridgehead atoms. The van der Waals surface area contributed by atoms with Gasteiger partial charge < -0.3 is 29.9 Å². The number of aliphatic hydroxyl groups excluding tert-OH is 4. The summed E-state index contributed by atoms with van der Waals surface area (Å²) in [5.74, 6) is 0. The van der Waals surface area contributed by atoms with E-state index in [9.17, 15) is 38.2 Å². The average molecular weight is 650 g/mol. The normalized spacial score (nSPS) is 35.9. The van der Waals surface area contributed by atoms with Crippen molar-refractivity contribution in [1.82, 2.24) is 19.1 Å². The van der Waals surface area contributed by atoms with E-state index in [1.165, 1.54) is 0 Å². The van der Waals surface area contributed by atoms with Gasteiger partial charge in [0.25, 0.3) is 11.1 Å². The number of aliphatic hydroxyl groups is 4. The topological polar surface area (TPSA) is 209 Å². The second kappa shape index (κ2) is 10.7. The molecule has 2 aromatic rings. The average Bonchev–Trinajstić information content (AvgIpc) is 3.17. The highest BCUT2D eigenvalue weighted by Gasteiger charge is 2.57. The highest BCUT2D eigenvalue weighted by molar-refractivity contribution is 9.10. The van der Waals surface area contributed by atoms with Crippen molar-refractivity contribution in [3.8, 4) is 0 Å². The van der Waals surface area contributed by atoms with E-state index < -0.39 is 81.7 Å². The van der Waals surface area contributed by atoms with Gasteiger partial charge in [-0.25, -0.2) is 18.4 Å². The first kappa shape index (κ1) is 28.5. The van der Waals surface area contributed by atoms with Crippen molar-refractivity contribution in [2.24, 2.45) is 0 Å². The predicted octanol–water partition coefficient (Wildman–Crippen LogP) is -2.30. The van der Waals surface area contributed by atoms with Crippen LogP contribution in [0.1, 0.15) is 12.5 Å². The van der Waals surface area contributed by atoms with E-state index in [4.69, 9.17) is 19.7 Å². The number of hydrogen-bond acceptors (Lipinski definition) is 10. The van der Waals surface area contributed by atoms with E-state index >= 15 is 0 Å². The maximum Gasteiger partial charge on any atom is 0.330 e. The largest absolute Gasteiger partial charge is 0.394 e. The van der Waals surface area contributed by atoms with E-state index in [-0.39, 0.29) is 0 Å². The van der Waals surface area contributed by atoms with Crippen LogP contribution in [0.4, 0.5) is 8.78 Å². The molecule has 200 valence electrons. The summed E-state index contributed by atoms with van der Waals surface area (Å²) in [5.41, 5.74) is -3.01. The lowest BCUT2D eigenvalue weighted by Gasteiger charge is -2.22. The molecule has 18 heteroatoms. The lowest BCUT2D eigenvalue weighted by Crippen LogP contribution is -2.41. The van der Waals surface area contributed by atoms with Crippen molar-refractivity contribution in [2.75, 3.05) is 13.2 Å². The molecule has 2 aliphatic heterocycles. The highest BCUT2D eigenvalue weighted by atomic mass is 79.9. The molecule has 4 heterocycles. The van der Waals surface area contributed by atoms with Gasteiger partial charge in [-0.3, -0.25) is 28.7 Å². The maximum absolute atomic E-state index is 14.3. The smallest absolute Gasteiger partial charge is 0.330 e. The fourth-order valence-corrected chi connectivity index (χ4v) is 4.71. The summed E-state index contributed by atoms with van der Waals surface area (Å²) in [6.07, 6.45) is -6.51. The lowest BCUT2D eigenvalue weighted by atomic mass is 10.1. The summed E-state index contributed by atoms with van der Waals surface area (Å²) < 4.78 is 35.3. The van der Waals surface area contributed by atoms with E-state index in [0.717, 1.165) is 33.7 Å². The quantitative estimate of drug-likeness (QED) is 0.195. The first-order valence-corrected chi connectivity index (χ1v) is 11.6. The van der Waals surface area contributed by atoms with Crippen LogP contribution < -0.4 is 22.5 Å². The van der Waals surface area contributed by atoms with Gasteiger partial charge in [-0.1, -0.05) is 0 Å². The number of ether oxygens (including phenoxy) is 2. The Morgan fingerprint density at radius 3 is 1.39 bits per heavy atom. The number of alkyl halides is 4. The summed E-state index contributed by atoms with van der Waals surface area (Å²) >= 11 is 5.28. The Bertz CT molecular complexity index is 1210. The molecule has 0 unspecified atom stereocenters. The van der Waals surface area contributed by atoms with Crippen LogP contribution in [0.15, 0.2) is 43.7 Å². The van der Waals surface area contributed by atoms with Gasteiger partial charge in [0, 0.05) is 24.5 Å². The Kier molecular flexibility index (Phi) is 8.50. The Morgan fingerprint density at radius 1 is 0.806 bits per heavy atom. The number of aromatic amines is 2. The molecule has 0 saturated carbocycles. The third-order valence-electron chi connectivity index (χ3n) is 5.33. The van der Waals surface area contributed by atoms with Gasteiger partial charge in [-0.05, 0) is 31.9 Å². The molecule has 0 amide bonds. The summed E-state index contributed by atoms with van der Waals surface area (Å²) in [7, 11) is 0. The molecule has 14 nitrogen and oxygen atoms in total. The number of H-pyrrole nitrogens is 2. The van der Waals surface area contributed by atoms with E-state index in [1.54, 1.807) is 0 Å². The second-order valence-corrected chi connectivity index (χ2v) is 10.1. The first-order chi connectivity index (χ1) is 16.7. The number of rotatable bonds is 4. The summed E-state index contributed by atoms with van der Waals surface area (Å²) in [4.78, 5) is 48.7. The molecule has 2 saturated heterocycles. The van der Waals surface area contributed by atoms with Crippen LogP contribution >= 0.6 is 31.9 Å². The number of nitrogens with zero attached hydrogens (tertiary/aromatic N) is 2. The third-order valence-corrected chi connectivity index (χ3v) is 7.05. The van der Waals surface area contributed by atoms with Gasteiger partial charge in [0.1, 0.15) is 24.4 Å². The molecule has 36 heavy (non-hydrogen) atoms. The van der Waals surface area contributed by atoms with Crippen molar-refractivity contribution in [3.05, 3.63) is 66.2 Å². The molecule has 2 aliphatic rings. The molecular weight excluding hydrogens is 630 g/mol. The number of halogens is 4. The first-order valence-electron chi connectivity index (χ1n) is 10.0. The van der Waals surface area contributed by atoms with Crippen LogP contribution in [0.2, 0.25) is 0 Å². The van der Waals surface area contributed by atoms with Crippen molar-refractivity contribution >= 4 is 31.9 Å². The molecule has 6 N–H and O–H groups in total. The Labute approximate surface area is 215 Å². The van der Waals surface area contributed by atoms with Gasteiger partial charge in [0.05, 0.1) is 13.2 Å². The van der Waals surface area contributed by atoms with Crippen molar-refractivity contribution in [2.45, 2.75) is 46.0 Å². The molecule has 0 aliphatic carbocycles. The minimum Gasteiger partial charge on any atom is -0.394 e. The molecule has 4 rings (SSSR count). The Morgan fingerprint density at radius 2 is 1.14 bits per heavy atom. The molecule has 8 atom stereocenters. The molecular formula is C18H20Br2F2N4O10. The zero-order valence-corrected chi connectivity index (χ0v) is 21.0. The number of hydrogen-bond donors (Lipinski definition) is 6. The van der Waals surface area contributed by atoms with Crippen LogP contribution in [0.5, 0.6) is 0 Å². The van der Waals surface area contributed by atoms with Gasteiger partial charge in [0.15, 0.2) is 12.5 Å². The van der Waals surface area contributed by atoms with Crippen LogP contribution in [-0.2, 0) is 9.47 Å². The van der Waals surface area contributed by atoms with Crippen LogP contribution in [0, 0.1) is 0 Å².